The number of benzene rings is 2. The zero-order valence-corrected chi connectivity index (χ0v) is 15.1. The molecular formula is C18H19Cl2NO3. The lowest BCUT2D eigenvalue weighted by atomic mass is 10.1. The van der Waals surface area contributed by atoms with E-state index in [1.54, 1.807) is 26.2 Å². The fraction of sp³-hybridized carbons (Fsp3) is 0.278. The SMILES string of the molecule is COc1cc(CC/C(C)=N/O)ccc1OCc1ccc(Cl)cc1Cl. The molecule has 0 fully saturated rings. The number of nitrogens with zero attached hydrogens (tertiary/aromatic N) is 1. The lowest BCUT2D eigenvalue weighted by molar-refractivity contribution is 0.284. The molecule has 0 aromatic heterocycles. The maximum Gasteiger partial charge on any atom is 0.161 e. The maximum absolute atomic E-state index is 8.70. The second kappa shape index (κ2) is 8.81. The molecule has 0 radical (unpaired) electrons. The van der Waals surface area contributed by atoms with E-state index in [2.05, 4.69) is 5.16 Å². The quantitative estimate of drug-likeness (QED) is 0.406. The van der Waals surface area contributed by atoms with Crippen molar-refractivity contribution in [3.8, 4) is 11.5 Å². The van der Waals surface area contributed by atoms with Crippen molar-refractivity contribution in [3.63, 3.8) is 0 Å². The first kappa shape index (κ1) is 18.4. The van der Waals surface area contributed by atoms with Gasteiger partial charge in [-0.15, -0.1) is 0 Å². The number of ether oxygens (including phenoxy) is 2. The molecule has 0 spiro atoms. The highest BCUT2D eigenvalue weighted by molar-refractivity contribution is 6.35. The highest BCUT2D eigenvalue weighted by atomic mass is 35.5. The van der Waals surface area contributed by atoms with Crippen molar-refractivity contribution in [2.45, 2.75) is 26.4 Å². The van der Waals surface area contributed by atoms with Crippen molar-refractivity contribution < 1.29 is 14.7 Å². The standard InChI is InChI=1S/C18H19Cl2NO3/c1-12(21-22)3-4-13-5-8-17(18(9-13)23-2)24-11-14-6-7-15(19)10-16(14)20/h5-10,22H,3-4,11H2,1-2H3/b21-12+. The first-order valence-electron chi connectivity index (χ1n) is 7.44. The molecule has 0 saturated carbocycles. The van der Waals surface area contributed by atoms with Gasteiger partial charge in [-0.05, 0) is 49.6 Å². The van der Waals surface area contributed by atoms with Crippen LogP contribution in [0.1, 0.15) is 24.5 Å². The summed E-state index contributed by atoms with van der Waals surface area (Å²) in [5.74, 6) is 1.29. The fourth-order valence-electron chi connectivity index (χ4n) is 2.16. The van der Waals surface area contributed by atoms with E-state index in [-0.39, 0.29) is 0 Å². The second-order valence-corrected chi connectivity index (χ2v) is 6.19. The minimum atomic E-state index is 0.321. The van der Waals surface area contributed by atoms with E-state index in [4.69, 9.17) is 37.9 Å². The van der Waals surface area contributed by atoms with Gasteiger partial charge in [0, 0.05) is 15.6 Å². The van der Waals surface area contributed by atoms with Crippen LogP contribution in [0.15, 0.2) is 41.6 Å². The van der Waals surface area contributed by atoms with Gasteiger partial charge in [0.2, 0.25) is 0 Å². The van der Waals surface area contributed by atoms with Gasteiger partial charge in [-0.25, -0.2) is 0 Å². The van der Waals surface area contributed by atoms with Crippen LogP contribution in [0, 0.1) is 0 Å². The van der Waals surface area contributed by atoms with Crippen molar-refractivity contribution in [3.05, 3.63) is 57.6 Å². The van der Waals surface area contributed by atoms with Crippen molar-refractivity contribution >= 4 is 28.9 Å². The van der Waals surface area contributed by atoms with E-state index in [9.17, 15) is 0 Å². The molecule has 0 unspecified atom stereocenters. The van der Waals surface area contributed by atoms with Crippen molar-refractivity contribution in [2.75, 3.05) is 7.11 Å². The summed E-state index contributed by atoms with van der Waals surface area (Å²) in [6.45, 7) is 2.10. The Labute approximate surface area is 151 Å². The van der Waals surface area contributed by atoms with E-state index >= 15 is 0 Å². The molecule has 0 heterocycles. The normalized spacial score (nSPS) is 11.4. The van der Waals surface area contributed by atoms with Crippen molar-refractivity contribution in [1.82, 2.24) is 0 Å². The zero-order chi connectivity index (χ0) is 17.5. The summed E-state index contributed by atoms with van der Waals surface area (Å²) in [6.07, 6.45) is 1.44. The Morgan fingerprint density at radius 1 is 1.12 bits per heavy atom. The van der Waals surface area contributed by atoms with Crippen LogP contribution >= 0.6 is 23.2 Å². The summed E-state index contributed by atoms with van der Waals surface area (Å²) < 4.78 is 11.2. The van der Waals surface area contributed by atoms with Crippen LogP contribution in [-0.2, 0) is 13.0 Å². The summed E-state index contributed by atoms with van der Waals surface area (Å²) in [5, 5.41) is 13.0. The number of halogens is 2. The molecule has 0 atom stereocenters. The molecule has 24 heavy (non-hydrogen) atoms. The van der Waals surface area contributed by atoms with E-state index in [0.717, 1.165) is 17.5 Å². The second-order valence-electron chi connectivity index (χ2n) is 5.34. The van der Waals surface area contributed by atoms with Gasteiger partial charge in [0.15, 0.2) is 11.5 Å². The van der Waals surface area contributed by atoms with E-state index in [0.29, 0.717) is 40.3 Å². The van der Waals surface area contributed by atoms with Crippen molar-refractivity contribution in [2.24, 2.45) is 5.16 Å². The molecule has 2 aromatic carbocycles. The molecule has 0 amide bonds. The minimum absolute atomic E-state index is 0.321. The van der Waals surface area contributed by atoms with Crippen LogP contribution in [0.2, 0.25) is 10.0 Å². The Kier molecular flexibility index (Phi) is 6.76. The Morgan fingerprint density at radius 3 is 2.58 bits per heavy atom. The first-order chi connectivity index (χ1) is 11.5. The van der Waals surface area contributed by atoms with Gasteiger partial charge in [-0.1, -0.05) is 40.5 Å². The molecule has 0 bridgehead atoms. The minimum Gasteiger partial charge on any atom is -0.493 e. The number of rotatable bonds is 7. The Morgan fingerprint density at radius 2 is 1.92 bits per heavy atom. The molecule has 1 N–H and O–H groups in total. The molecule has 0 aliphatic rings. The van der Waals surface area contributed by atoms with Crippen LogP contribution in [0.3, 0.4) is 0 Å². The maximum atomic E-state index is 8.70. The Hall–Kier alpha value is -1.91. The topological polar surface area (TPSA) is 51.0 Å². The van der Waals surface area contributed by atoms with E-state index < -0.39 is 0 Å². The van der Waals surface area contributed by atoms with Crippen LogP contribution in [0.25, 0.3) is 0 Å². The fourth-order valence-corrected chi connectivity index (χ4v) is 2.62. The Balaban J connectivity index is 2.07. The number of methoxy groups -OCH3 is 1. The molecule has 0 saturated heterocycles. The summed E-state index contributed by atoms with van der Waals surface area (Å²) in [7, 11) is 1.60. The van der Waals surface area contributed by atoms with Crippen LogP contribution < -0.4 is 9.47 Å². The average molecular weight is 368 g/mol. The number of aryl methyl sites for hydroxylation is 1. The zero-order valence-electron chi connectivity index (χ0n) is 13.6. The third kappa shape index (κ3) is 5.05. The highest BCUT2D eigenvalue weighted by Crippen LogP contribution is 2.30. The van der Waals surface area contributed by atoms with E-state index in [1.807, 2.05) is 24.3 Å². The number of hydrogen-bond acceptors (Lipinski definition) is 4. The molecule has 2 aromatic rings. The molecule has 0 aliphatic heterocycles. The predicted octanol–water partition coefficient (Wildman–Crippen LogP) is 5.36. The highest BCUT2D eigenvalue weighted by Gasteiger charge is 2.08. The first-order valence-corrected chi connectivity index (χ1v) is 8.20. The molecule has 4 nitrogen and oxygen atoms in total. The van der Waals surface area contributed by atoms with Crippen LogP contribution in [0.4, 0.5) is 0 Å². The van der Waals surface area contributed by atoms with E-state index in [1.165, 1.54) is 0 Å². The third-order valence-electron chi connectivity index (χ3n) is 3.57. The van der Waals surface area contributed by atoms with Crippen LogP contribution in [0.5, 0.6) is 11.5 Å². The molecule has 6 heteroatoms. The summed E-state index contributed by atoms with van der Waals surface area (Å²) >= 11 is 12.0. The monoisotopic (exact) mass is 367 g/mol. The summed E-state index contributed by atoms with van der Waals surface area (Å²) in [5.41, 5.74) is 2.61. The lowest BCUT2D eigenvalue weighted by Gasteiger charge is -2.13. The number of oxime groups is 1. The summed E-state index contributed by atoms with van der Waals surface area (Å²) in [6, 6.07) is 11.0. The summed E-state index contributed by atoms with van der Waals surface area (Å²) in [4.78, 5) is 0. The molecule has 2 rings (SSSR count). The van der Waals surface area contributed by atoms with Gasteiger partial charge in [0.05, 0.1) is 12.8 Å². The Bertz CT molecular complexity index is 732. The van der Waals surface area contributed by atoms with Gasteiger partial charge >= 0.3 is 0 Å². The van der Waals surface area contributed by atoms with Gasteiger partial charge in [0.25, 0.3) is 0 Å². The third-order valence-corrected chi connectivity index (χ3v) is 4.16. The number of hydrogen-bond donors (Lipinski definition) is 1. The lowest BCUT2D eigenvalue weighted by Crippen LogP contribution is -2.00. The average Bonchev–Trinajstić information content (AvgIpc) is 2.59. The predicted molar refractivity (Wildman–Crippen MR) is 97.0 cm³/mol. The molecular weight excluding hydrogens is 349 g/mol. The smallest absolute Gasteiger partial charge is 0.161 e. The van der Waals surface area contributed by atoms with Crippen molar-refractivity contribution in [1.29, 1.82) is 0 Å². The van der Waals surface area contributed by atoms with Gasteiger partial charge < -0.3 is 14.7 Å². The molecule has 0 aliphatic carbocycles. The van der Waals surface area contributed by atoms with Crippen LogP contribution in [-0.4, -0.2) is 18.0 Å². The largest absolute Gasteiger partial charge is 0.493 e. The molecule has 128 valence electrons. The van der Waals surface area contributed by atoms with Gasteiger partial charge in [-0.2, -0.15) is 0 Å². The van der Waals surface area contributed by atoms with Gasteiger partial charge in [-0.3, -0.25) is 0 Å². The van der Waals surface area contributed by atoms with Gasteiger partial charge in [0.1, 0.15) is 6.61 Å².